The minimum absolute atomic E-state index is 0.0721. The second-order valence-electron chi connectivity index (χ2n) is 4.19. The zero-order chi connectivity index (χ0) is 14.2. The Morgan fingerprint density at radius 2 is 2.11 bits per heavy atom. The van der Waals surface area contributed by atoms with Crippen molar-refractivity contribution in [3.05, 3.63) is 35.9 Å². The molecular formula is C12H14FN3O2S. The third-order valence-electron chi connectivity index (χ3n) is 2.88. The third-order valence-corrected chi connectivity index (χ3v) is 4.38. The Labute approximate surface area is 110 Å². The van der Waals surface area contributed by atoms with Crippen LogP contribution < -0.4 is 5.73 Å². The summed E-state index contributed by atoms with van der Waals surface area (Å²) in [7, 11) is -3.46. The van der Waals surface area contributed by atoms with Gasteiger partial charge >= 0.3 is 0 Å². The molecule has 0 atom stereocenters. The largest absolute Gasteiger partial charge is 0.398 e. The van der Waals surface area contributed by atoms with Gasteiger partial charge in [-0.2, -0.15) is 9.19 Å². The topological polar surface area (TPSA) is 78.0 Å². The number of hydrogen-bond donors (Lipinski definition) is 1. The van der Waals surface area contributed by atoms with Gasteiger partial charge in [0.05, 0.1) is 18.1 Å². The van der Waals surface area contributed by atoms with Crippen molar-refractivity contribution < 1.29 is 12.8 Å². The van der Waals surface area contributed by atoms with Gasteiger partial charge in [-0.1, -0.05) is 0 Å². The van der Waals surface area contributed by atoms with Crippen LogP contribution in [-0.4, -0.2) is 23.4 Å². The fraction of sp³-hybridized carbons (Fsp3) is 0.250. The van der Waals surface area contributed by atoms with Crippen molar-refractivity contribution in [3.8, 4) is 11.1 Å². The van der Waals surface area contributed by atoms with Crippen LogP contribution in [0.3, 0.4) is 0 Å². The van der Waals surface area contributed by atoms with Crippen LogP contribution >= 0.6 is 0 Å². The SMILES string of the molecule is CCS(=O)(=O)n1cc(-c2cc(C)c(N)cc2F)cn1. The summed E-state index contributed by atoms with van der Waals surface area (Å²) in [6.45, 7) is 3.27. The van der Waals surface area contributed by atoms with Gasteiger partial charge in [-0.15, -0.1) is 0 Å². The summed E-state index contributed by atoms with van der Waals surface area (Å²) in [5.41, 5.74) is 7.37. The van der Waals surface area contributed by atoms with Gasteiger partial charge in [0.15, 0.2) is 0 Å². The van der Waals surface area contributed by atoms with Crippen LogP contribution in [0.25, 0.3) is 11.1 Å². The molecule has 2 N–H and O–H groups in total. The van der Waals surface area contributed by atoms with Crippen molar-refractivity contribution in [3.63, 3.8) is 0 Å². The summed E-state index contributed by atoms with van der Waals surface area (Å²) < 4.78 is 38.0. The first-order chi connectivity index (χ1) is 8.85. The molecule has 0 unspecified atom stereocenters. The quantitative estimate of drug-likeness (QED) is 0.871. The number of hydrogen-bond acceptors (Lipinski definition) is 4. The number of nitrogens with two attached hydrogens (primary N) is 1. The van der Waals surface area contributed by atoms with E-state index in [0.29, 0.717) is 11.3 Å². The van der Waals surface area contributed by atoms with Crippen molar-refractivity contribution in [2.75, 3.05) is 11.5 Å². The molecule has 0 saturated carbocycles. The van der Waals surface area contributed by atoms with Crippen LogP contribution in [0, 0.1) is 12.7 Å². The Kier molecular flexibility index (Phi) is 3.32. The molecule has 0 aliphatic heterocycles. The van der Waals surface area contributed by atoms with E-state index in [2.05, 4.69) is 5.10 Å². The van der Waals surface area contributed by atoms with Crippen molar-refractivity contribution in [2.24, 2.45) is 0 Å². The smallest absolute Gasteiger partial charge is 0.253 e. The van der Waals surface area contributed by atoms with E-state index in [1.165, 1.54) is 25.4 Å². The average Bonchev–Trinajstić information content (AvgIpc) is 2.84. The molecule has 0 bridgehead atoms. The first-order valence-electron chi connectivity index (χ1n) is 5.69. The second kappa shape index (κ2) is 4.65. The lowest BCUT2D eigenvalue weighted by Crippen LogP contribution is -2.14. The monoisotopic (exact) mass is 283 g/mol. The van der Waals surface area contributed by atoms with Gasteiger partial charge in [-0.05, 0) is 31.5 Å². The highest BCUT2D eigenvalue weighted by Gasteiger charge is 2.15. The number of nitrogens with zero attached hydrogens (tertiary/aromatic N) is 2. The van der Waals surface area contributed by atoms with Crippen LogP contribution in [0.5, 0.6) is 0 Å². The van der Waals surface area contributed by atoms with Crippen molar-refractivity contribution >= 4 is 15.7 Å². The first-order valence-corrected chi connectivity index (χ1v) is 7.30. The number of nitrogen functional groups attached to an aromatic ring is 1. The maximum absolute atomic E-state index is 13.8. The molecule has 0 radical (unpaired) electrons. The molecule has 1 heterocycles. The van der Waals surface area contributed by atoms with Gasteiger partial charge in [0.1, 0.15) is 5.82 Å². The maximum atomic E-state index is 13.8. The standard InChI is InChI=1S/C12H14FN3O2S/c1-3-19(17,18)16-7-9(6-15-16)10-4-8(2)12(14)5-11(10)13/h4-7H,3,14H2,1-2H3. The maximum Gasteiger partial charge on any atom is 0.253 e. The summed E-state index contributed by atoms with van der Waals surface area (Å²) in [5, 5.41) is 3.76. The Balaban J connectivity index is 2.53. The average molecular weight is 283 g/mol. The van der Waals surface area contributed by atoms with Gasteiger partial charge in [0.2, 0.25) is 0 Å². The number of aromatic nitrogens is 2. The fourth-order valence-electron chi connectivity index (χ4n) is 1.65. The molecule has 1 aromatic heterocycles. The Morgan fingerprint density at radius 1 is 1.42 bits per heavy atom. The van der Waals surface area contributed by atoms with Gasteiger partial charge in [-0.25, -0.2) is 12.8 Å². The van der Waals surface area contributed by atoms with Gasteiger partial charge in [-0.3, -0.25) is 0 Å². The summed E-state index contributed by atoms with van der Waals surface area (Å²) in [4.78, 5) is 0. The Bertz CT molecular complexity index is 723. The van der Waals surface area contributed by atoms with Crippen LogP contribution in [0.15, 0.2) is 24.5 Å². The molecule has 0 fully saturated rings. The summed E-state index contributed by atoms with van der Waals surface area (Å²) in [6, 6.07) is 2.79. The number of rotatable bonds is 3. The normalized spacial score (nSPS) is 11.7. The van der Waals surface area contributed by atoms with E-state index < -0.39 is 15.8 Å². The lowest BCUT2D eigenvalue weighted by Gasteiger charge is -2.05. The molecule has 1 aromatic carbocycles. The summed E-state index contributed by atoms with van der Waals surface area (Å²) in [5.74, 6) is -0.575. The van der Waals surface area contributed by atoms with Crippen molar-refractivity contribution in [2.45, 2.75) is 13.8 Å². The van der Waals surface area contributed by atoms with Crippen molar-refractivity contribution in [1.29, 1.82) is 0 Å². The molecule has 0 saturated heterocycles. The molecule has 7 heteroatoms. The first kappa shape index (κ1) is 13.5. The van der Waals surface area contributed by atoms with Crippen LogP contribution in [0.4, 0.5) is 10.1 Å². The molecule has 102 valence electrons. The highest BCUT2D eigenvalue weighted by Crippen LogP contribution is 2.26. The minimum Gasteiger partial charge on any atom is -0.398 e. The van der Waals surface area contributed by atoms with Crippen molar-refractivity contribution in [1.82, 2.24) is 9.19 Å². The fourth-order valence-corrected chi connectivity index (χ4v) is 2.38. The molecule has 2 aromatic rings. The highest BCUT2D eigenvalue weighted by molar-refractivity contribution is 7.89. The van der Waals surface area contributed by atoms with Crippen LogP contribution in [0.2, 0.25) is 0 Å². The minimum atomic E-state index is -3.46. The molecule has 2 rings (SSSR count). The Hall–Kier alpha value is -1.89. The number of anilines is 1. The van der Waals surface area contributed by atoms with E-state index in [9.17, 15) is 12.8 Å². The molecule has 0 spiro atoms. The van der Waals surface area contributed by atoms with Gasteiger partial charge in [0.25, 0.3) is 10.0 Å². The summed E-state index contributed by atoms with van der Waals surface area (Å²) in [6.07, 6.45) is 2.62. The van der Waals surface area contributed by atoms with E-state index in [0.717, 1.165) is 9.65 Å². The van der Waals surface area contributed by atoms with Gasteiger partial charge < -0.3 is 5.73 Å². The third kappa shape index (κ3) is 2.46. The molecular weight excluding hydrogens is 269 g/mol. The van der Waals surface area contributed by atoms with E-state index in [1.54, 1.807) is 13.0 Å². The van der Waals surface area contributed by atoms with Gasteiger partial charge in [0, 0.05) is 16.8 Å². The summed E-state index contributed by atoms with van der Waals surface area (Å²) >= 11 is 0. The number of halogens is 1. The van der Waals surface area contributed by atoms with E-state index in [4.69, 9.17) is 5.73 Å². The zero-order valence-corrected chi connectivity index (χ0v) is 11.4. The van der Waals surface area contributed by atoms with E-state index in [1.807, 2.05) is 0 Å². The lowest BCUT2D eigenvalue weighted by molar-refractivity contribution is 0.581. The Morgan fingerprint density at radius 3 is 2.74 bits per heavy atom. The molecule has 19 heavy (non-hydrogen) atoms. The molecule has 0 aliphatic rings. The van der Waals surface area contributed by atoms with Crippen LogP contribution in [0.1, 0.15) is 12.5 Å². The predicted molar refractivity (Wildman–Crippen MR) is 71.6 cm³/mol. The predicted octanol–water partition coefficient (Wildman–Crippen LogP) is 1.78. The van der Waals surface area contributed by atoms with E-state index in [-0.39, 0.29) is 11.3 Å². The highest BCUT2D eigenvalue weighted by atomic mass is 32.2. The number of benzene rings is 1. The molecule has 5 nitrogen and oxygen atoms in total. The zero-order valence-electron chi connectivity index (χ0n) is 10.6. The molecule has 0 amide bonds. The molecule has 0 aliphatic carbocycles. The van der Waals surface area contributed by atoms with E-state index >= 15 is 0 Å². The number of aryl methyl sites for hydroxylation is 1. The second-order valence-corrected chi connectivity index (χ2v) is 6.31. The van der Waals surface area contributed by atoms with Crippen LogP contribution in [-0.2, 0) is 10.0 Å². The lowest BCUT2D eigenvalue weighted by atomic mass is 10.0.